The molecule has 0 saturated carbocycles. The number of rotatable bonds is 2. The van der Waals surface area contributed by atoms with E-state index in [0.29, 0.717) is 6.04 Å². The molecule has 1 aliphatic rings. The minimum absolute atomic E-state index is 0.197. The van der Waals surface area contributed by atoms with Gasteiger partial charge in [0.25, 0.3) is 5.69 Å². The highest BCUT2D eigenvalue weighted by atomic mass is 16.6. The number of benzene rings is 1. The summed E-state index contributed by atoms with van der Waals surface area (Å²) in [5.41, 5.74) is 2.01. The fraction of sp³-hybridized carbons (Fsp3) is 0.400. The topological polar surface area (TPSA) is 46.1 Å². The summed E-state index contributed by atoms with van der Waals surface area (Å²) in [6, 6.07) is 5.85. The first kappa shape index (κ1) is 8.99. The van der Waals surface area contributed by atoms with Crippen molar-refractivity contribution in [1.29, 1.82) is 0 Å². The molecule has 0 radical (unpaired) electrons. The van der Waals surface area contributed by atoms with Crippen molar-refractivity contribution in [1.82, 2.24) is 0 Å². The Balaban J connectivity index is 2.31. The fourth-order valence-corrected chi connectivity index (χ4v) is 1.62. The Morgan fingerprint density at radius 2 is 2.21 bits per heavy atom. The van der Waals surface area contributed by atoms with Crippen molar-refractivity contribution >= 4 is 11.4 Å². The van der Waals surface area contributed by atoms with E-state index in [-0.39, 0.29) is 10.6 Å². The smallest absolute Gasteiger partial charge is 0.272 e. The molecule has 1 heterocycles. The summed E-state index contributed by atoms with van der Waals surface area (Å²) in [4.78, 5) is 12.4. The lowest BCUT2D eigenvalue weighted by molar-refractivity contribution is -0.385. The van der Waals surface area contributed by atoms with Gasteiger partial charge in [0.15, 0.2) is 0 Å². The van der Waals surface area contributed by atoms with Crippen molar-refractivity contribution in [2.75, 3.05) is 11.4 Å². The van der Waals surface area contributed by atoms with Crippen molar-refractivity contribution in [2.24, 2.45) is 0 Å². The lowest BCUT2D eigenvalue weighted by atomic mass is 10.2. The van der Waals surface area contributed by atoms with Gasteiger partial charge in [0.05, 0.1) is 4.92 Å². The van der Waals surface area contributed by atoms with Gasteiger partial charge in [-0.25, -0.2) is 0 Å². The molecular formula is C10H12N2O2. The standard InChI is InChI=1S/C10H12N2O2/c1-7-5-9(11-6-8(11)2)3-4-10(7)12(13)14/h3-5,8H,6H2,1-2H3. The third kappa shape index (κ3) is 1.43. The van der Waals surface area contributed by atoms with Gasteiger partial charge in [-0.05, 0) is 26.0 Å². The Labute approximate surface area is 82.3 Å². The summed E-state index contributed by atoms with van der Waals surface area (Å²) < 4.78 is 0. The zero-order valence-electron chi connectivity index (χ0n) is 8.23. The molecule has 1 fully saturated rings. The van der Waals surface area contributed by atoms with Crippen molar-refractivity contribution in [2.45, 2.75) is 19.9 Å². The molecule has 0 aliphatic carbocycles. The lowest BCUT2D eigenvalue weighted by Crippen LogP contribution is -1.97. The van der Waals surface area contributed by atoms with Crippen molar-refractivity contribution in [3.8, 4) is 0 Å². The molecule has 1 atom stereocenters. The summed E-state index contributed by atoms with van der Waals surface area (Å²) in [6.07, 6.45) is 0. The molecule has 0 amide bonds. The van der Waals surface area contributed by atoms with Crippen LogP contribution in [0.25, 0.3) is 0 Å². The molecule has 1 aromatic carbocycles. The Hall–Kier alpha value is -1.58. The predicted molar refractivity (Wildman–Crippen MR) is 54.6 cm³/mol. The number of nitro benzene ring substituents is 1. The van der Waals surface area contributed by atoms with Gasteiger partial charge in [-0.15, -0.1) is 0 Å². The second-order valence-electron chi connectivity index (χ2n) is 3.73. The van der Waals surface area contributed by atoms with E-state index >= 15 is 0 Å². The second kappa shape index (κ2) is 2.97. The molecule has 14 heavy (non-hydrogen) atoms. The maximum Gasteiger partial charge on any atom is 0.272 e. The van der Waals surface area contributed by atoms with E-state index in [2.05, 4.69) is 11.8 Å². The van der Waals surface area contributed by atoms with E-state index in [1.165, 1.54) is 0 Å². The summed E-state index contributed by atoms with van der Waals surface area (Å²) in [6.45, 7) is 4.96. The maximum atomic E-state index is 10.6. The molecule has 1 unspecified atom stereocenters. The summed E-state index contributed by atoms with van der Waals surface area (Å²) in [5, 5.41) is 10.6. The summed E-state index contributed by atoms with van der Waals surface area (Å²) >= 11 is 0. The van der Waals surface area contributed by atoms with Gasteiger partial charge >= 0.3 is 0 Å². The first-order valence-corrected chi connectivity index (χ1v) is 4.61. The van der Waals surface area contributed by atoms with Crippen LogP contribution in [0.1, 0.15) is 12.5 Å². The molecule has 0 spiro atoms. The average molecular weight is 192 g/mol. The molecular weight excluding hydrogens is 180 g/mol. The Kier molecular flexibility index (Phi) is 1.91. The normalized spacial score (nSPS) is 19.6. The van der Waals surface area contributed by atoms with Crippen LogP contribution in [-0.2, 0) is 0 Å². The number of anilines is 1. The van der Waals surface area contributed by atoms with Crippen molar-refractivity contribution in [3.05, 3.63) is 33.9 Å². The van der Waals surface area contributed by atoms with Crippen LogP contribution in [0.15, 0.2) is 18.2 Å². The molecule has 0 aromatic heterocycles. The van der Waals surface area contributed by atoms with E-state index in [1.54, 1.807) is 13.0 Å². The van der Waals surface area contributed by atoms with Crippen LogP contribution in [0.4, 0.5) is 11.4 Å². The molecule has 4 nitrogen and oxygen atoms in total. The van der Waals surface area contributed by atoms with Crippen molar-refractivity contribution in [3.63, 3.8) is 0 Å². The van der Waals surface area contributed by atoms with E-state index in [0.717, 1.165) is 17.8 Å². The SMILES string of the molecule is Cc1cc(N2CC2C)ccc1[N+](=O)[O-]. The maximum absolute atomic E-state index is 10.6. The highest BCUT2D eigenvalue weighted by Crippen LogP contribution is 2.30. The first-order valence-electron chi connectivity index (χ1n) is 4.61. The van der Waals surface area contributed by atoms with Crippen LogP contribution in [0.2, 0.25) is 0 Å². The second-order valence-corrected chi connectivity index (χ2v) is 3.73. The molecule has 4 heteroatoms. The third-order valence-electron chi connectivity index (χ3n) is 2.57. The van der Waals surface area contributed by atoms with Crippen LogP contribution >= 0.6 is 0 Å². The van der Waals surface area contributed by atoms with E-state index in [1.807, 2.05) is 12.1 Å². The van der Waals surface area contributed by atoms with Crippen LogP contribution < -0.4 is 4.90 Å². The average Bonchev–Trinajstić information content (AvgIpc) is 2.81. The molecule has 0 N–H and O–H groups in total. The zero-order chi connectivity index (χ0) is 10.3. The monoisotopic (exact) mass is 192 g/mol. The summed E-state index contributed by atoms with van der Waals surface area (Å²) in [7, 11) is 0. The minimum atomic E-state index is -0.342. The van der Waals surface area contributed by atoms with Gasteiger partial charge in [0.1, 0.15) is 0 Å². The number of hydrogen-bond donors (Lipinski definition) is 0. The molecule has 1 saturated heterocycles. The van der Waals surface area contributed by atoms with Crippen LogP contribution in [0, 0.1) is 17.0 Å². The van der Waals surface area contributed by atoms with Crippen molar-refractivity contribution < 1.29 is 4.92 Å². The minimum Gasteiger partial charge on any atom is -0.365 e. The van der Waals surface area contributed by atoms with Gasteiger partial charge < -0.3 is 4.90 Å². The quantitative estimate of drug-likeness (QED) is 0.409. The van der Waals surface area contributed by atoms with E-state index in [4.69, 9.17) is 0 Å². The largest absolute Gasteiger partial charge is 0.365 e. The Morgan fingerprint density at radius 3 is 2.64 bits per heavy atom. The summed E-state index contributed by atoms with van der Waals surface area (Å²) in [5.74, 6) is 0. The van der Waals surface area contributed by atoms with Gasteiger partial charge in [-0.3, -0.25) is 10.1 Å². The highest BCUT2D eigenvalue weighted by Gasteiger charge is 2.29. The van der Waals surface area contributed by atoms with Crippen LogP contribution in [-0.4, -0.2) is 17.5 Å². The molecule has 1 aliphatic heterocycles. The van der Waals surface area contributed by atoms with Gasteiger partial charge in [-0.1, -0.05) is 0 Å². The molecule has 0 bridgehead atoms. The Morgan fingerprint density at radius 1 is 1.57 bits per heavy atom. The third-order valence-corrected chi connectivity index (χ3v) is 2.57. The lowest BCUT2D eigenvalue weighted by Gasteiger charge is -2.04. The highest BCUT2D eigenvalue weighted by molar-refractivity contribution is 5.59. The van der Waals surface area contributed by atoms with Gasteiger partial charge in [0, 0.05) is 29.9 Å². The molecule has 1 aromatic rings. The van der Waals surface area contributed by atoms with Gasteiger partial charge in [0.2, 0.25) is 0 Å². The number of nitrogens with zero attached hydrogens (tertiary/aromatic N) is 2. The first-order chi connectivity index (χ1) is 6.59. The van der Waals surface area contributed by atoms with Gasteiger partial charge in [-0.2, -0.15) is 0 Å². The molecule has 74 valence electrons. The number of hydrogen-bond acceptors (Lipinski definition) is 3. The van der Waals surface area contributed by atoms with Crippen LogP contribution in [0.3, 0.4) is 0 Å². The fourth-order valence-electron chi connectivity index (χ4n) is 1.62. The number of nitro groups is 1. The number of aryl methyl sites for hydroxylation is 1. The Bertz CT molecular complexity index is 390. The van der Waals surface area contributed by atoms with Crippen LogP contribution in [0.5, 0.6) is 0 Å². The van der Waals surface area contributed by atoms with E-state index < -0.39 is 0 Å². The predicted octanol–water partition coefficient (Wildman–Crippen LogP) is 2.11. The zero-order valence-corrected chi connectivity index (χ0v) is 8.23. The van der Waals surface area contributed by atoms with E-state index in [9.17, 15) is 10.1 Å². The molecule has 2 rings (SSSR count).